The molecule has 0 unspecified atom stereocenters. The molecule has 2 aromatic carbocycles. The molecule has 0 aliphatic heterocycles. The Morgan fingerprint density at radius 2 is 2.00 bits per heavy atom. The Morgan fingerprint density at radius 3 is 2.62 bits per heavy atom. The van der Waals surface area contributed by atoms with Crippen LogP contribution in [0.5, 0.6) is 5.75 Å². The van der Waals surface area contributed by atoms with Crippen LogP contribution in [0.1, 0.15) is 15.9 Å². The van der Waals surface area contributed by atoms with E-state index in [9.17, 15) is 9.18 Å². The van der Waals surface area contributed by atoms with Crippen molar-refractivity contribution in [1.29, 1.82) is 0 Å². The molecule has 1 amide bonds. The molecular formula is C15H12BrClFNO2. The van der Waals surface area contributed by atoms with Gasteiger partial charge in [-0.15, -0.1) is 0 Å². The minimum absolute atomic E-state index is 0.116. The summed E-state index contributed by atoms with van der Waals surface area (Å²) in [5, 5.41) is 3.27. The Balaban J connectivity index is 2.15. The predicted octanol–water partition coefficient (Wildman–Crippen LogP) is 4.18. The molecule has 110 valence electrons. The normalized spacial score (nSPS) is 10.3. The lowest BCUT2D eigenvalue weighted by molar-refractivity contribution is 0.0943. The van der Waals surface area contributed by atoms with Gasteiger partial charge in [0, 0.05) is 16.0 Å². The lowest BCUT2D eigenvalue weighted by atomic mass is 10.1. The quantitative estimate of drug-likeness (QED) is 0.874. The van der Waals surface area contributed by atoms with Gasteiger partial charge in [0.2, 0.25) is 0 Å². The molecule has 21 heavy (non-hydrogen) atoms. The van der Waals surface area contributed by atoms with E-state index >= 15 is 0 Å². The van der Waals surface area contributed by atoms with E-state index in [4.69, 9.17) is 16.3 Å². The maximum atomic E-state index is 13.9. The first kappa shape index (κ1) is 15.8. The number of benzene rings is 2. The standard InChI is InChI=1S/C15H12BrClFNO2/c1-21-13-7-10(16)6-12(18)14(13)15(20)19-8-9-2-4-11(17)5-3-9/h2-7H,8H2,1H3,(H,19,20). The number of carbonyl (C=O) groups excluding carboxylic acids is 1. The number of halogens is 3. The van der Waals surface area contributed by atoms with Crippen LogP contribution < -0.4 is 10.1 Å². The largest absolute Gasteiger partial charge is 0.496 e. The fourth-order valence-corrected chi connectivity index (χ4v) is 2.34. The SMILES string of the molecule is COc1cc(Br)cc(F)c1C(=O)NCc1ccc(Cl)cc1. The number of nitrogens with one attached hydrogen (secondary N) is 1. The van der Waals surface area contributed by atoms with E-state index < -0.39 is 11.7 Å². The summed E-state index contributed by atoms with van der Waals surface area (Å²) >= 11 is 8.94. The number of amides is 1. The van der Waals surface area contributed by atoms with Gasteiger partial charge in [-0.2, -0.15) is 0 Å². The lowest BCUT2D eigenvalue weighted by Crippen LogP contribution is -2.24. The van der Waals surface area contributed by atoms with Crippen LogP contribution in [-0.4, -0.2) is 13.0 Å². The first-order valence-electron chi connectivity index (χ1n) is 6.07. The number of hydrogen-bond donors (Lipinski definition) is 1. The van der Waals surface area contributed by atoms with Crippen molar-refractivity contribution in [3.05, 3.63) is 62.8 Å². The molecule has 0 atom stereocenters. The van der Waals surface area contributed by atoms with Gasteiger partial charge in [0.05, 0.1) is 7.11 Å². The molecule has 0 aliphatic rings. The molecule has 2 rings (SSSR count). The average molecular weight is 373 g/mol. The van der Waals surface area contributed by atoms with Gasteiger partial charge in [-0.25, -0.2) is 4.39 Å². The van der Waals surface area contributed by atoms with Crippen molar-refractivity contribution in [3.63, 3.8) is 0 Å². The van der Waals surface area contributed by atoms with E-state index in [0.29, 0.717) is 9.50 Å². The summed E-state index contributed by atoms with van der Waals surface area (Å²) in [5.41, 5.74) is 0.749. The van der Waals surface area contributed by atoms with Crippen LogP contribution in [0.15, 0.2) is 40.9 Å². The summed E-state index contributed by atoms with van der Waals surface area (Å²) in [7, 11) is 1.39. The molecule has 0 spiro atoms. The van der Waals surface area contributed by atoms with Gasteiger partial charge in [0.25, 0.3) is 5.91 Å². The summed E-state index contributed by atoms with van der Waals surface area (Å²) in [6.07, 6.45) is 0. The van der Waals surface area contributed by atoms with Crippen LogP contribution in [0.4, 0.5) is 4.39 Å². The zero-order chi connectivity index (χ0) is 15.4. The summed E-state index contributed by atoms with van der Waals surface area (Å²) in [6.45, 7) is 0.272. The van der Waals surface area contributed by atoms with Crippen LogP contribution in [0.2, 0.25) is 5.02 Å². The van der Waals surface area contributed by atoms with Crippen LogP contribution >= 0.6 is 27.5 Å². The highest BCUT2D eigenvalue weighted by atomic mass is 79.9. The number of carbonyl (C=O) groups is 1. The second-order valence-electron chi connectivity index (χ2n) is 4.27. The van der Waals surface area contributed by atoms with E-state index in [0.717, 1.165) is 5.56 Å². The van der Waals surface area contributed by atoms with Gasteiger partial charge >= 0.3 is 0 Å². The highest BCUT2D eigenvalue weighted by molar-refractivity contribution is 9.10. The number of hydrogen-bond acceptors (Lipinski definition) is 2. The molecule has 0 aliphatic carbocycles. The molecular weight excluding hydrogens is 361 g/mol. The second kappa shape index (κ2) is 6.91. The zero-order valence-corrected chi connectivity index (χ0v) is 13.5. The lowest BCUT2D eigenvalue weighted by Gasteiger charge is -2.11. The van der Waals surface area contributed by atoms with Gasteiger partial charge in [-0.3, -0.25) is 4.79 Å². The topological polar surface area (TPSA) is 38.3 Å². The third kappa shape index (κ3) is 3.95. The Morgan fingerprint density at radius 1 is 1.33 bits per heavy atom. The molecule has 3 nitrogen and oxygen atoms in total. The van der Waals surface area contributed by atoms with E-state index in [1.54, 1.807) is 30.3 Å². The predicted molar refractivity (Wildman–Crippen MR) is 83.3 cm³/mol. The van der Waals surface area contributed by atoms with Crippen molar-refractivity contribution in [1.82, 2.24) is 5.32 Å². The molecule has 0 saturated heterocycles. The molecule has 0 saturated carbocycles. The van der Waals surface area contributed by atoms with Crippen molar-refractivity contribution >= 4 is 33.4 Å². The van der Waals surface area contributed by atoms with Gasteiger partial charge in [0.1, 0.15) is 17.1 Å². The molecule has 0 fully saturated rings. The minimum Gasteiger partial charge on any atom is -0.496 e. The minimum atomic E-state index is -0.644. The van der Waals surface area contributed by atoms with Gasteiger partial charge in [-0.05, 0) is 29.8 Å². The molecule has 2 aromatic rings. The maximum absolute atomic E-state index is 13.9. The van der Waals surface area contributed by atoms with Crippen molar-refractivity contribution in [2.45, 2.75) is 6.54 Å². The van der Waals surface area contributed by atoms with E-state index in [1.165, 1.54) is 13.2 Å². The van der Waals surface area contributed by atoms with Crippen LogP contribution in [0.3, 0.4) is 0 Å². The van der Waals surface area contributed by atoms with E-state index in [-0.39, 0.29) is 17.9 Å². The third-order valence-corrected chi connectivity index (χ3v) is 3.54. The highest BCUT2D eigenvalue weighted by Crippen LogP contribution is 2.26. The Labute approximate surface area is 135 Å². The molecule has 1 N–H and O–H groups in total. The summed E-state index contributed by atoms with van der Waals surface area (Å²) in [4.78, 5) is 12.1. The fourth-order valence-electron chi connectivity index (χ4n) is 1.80. The highest BCUT2D eigenvalue weighted by Gasteiger charge is 2.18. The molecule has 0 bridgehead atoms. The van der Waals surface area contributed by atoms with Crippen LogP contribution in [-0.2, 0) is 6.54 Å². The molecule has 0 aromatic heterocycles. The fraction of sp³-hybridized carbons (Fsp3) is 0.133. The number of methoxy groups -OCH3 is 1. The first-order valence-corrected chi connectivity index (χ1v) is 7.24. The van der Waals surface area contributed by atoms with E-state index in [1.807, 2.05) is 0 Å². The van der Waals surface area contributed by atoms with Crippen LogP contribution in [0.25, 0.3) is 0 Å². The molecule has 6 heteroatoms. The van der Waals surface area contributed by atoms with Crippen molar-refractivity contribution < 1.29 is 13.9 Å². The molecule has 0 radical (unpaired) electrons. The summed E-state index contributed by atoms with van der Waals surface area (Å²) in [6, 6.07) is 9.79. The third-order valence-electron chi connectivity index (χ3n) is 2.83. The zero-order valence-electron chi connectivity index (χ0n) is 11.1. The monoisotopic (exact) mass is 371 g/mol. The average Bonchev–Trinajstić information content (AvgIpc) is 2.45. The van der Waals surface area contributed by atoms with Gasteiger partial charge in [-0.1, -0.05) is 39.7 Å². The van der Waals surface area contributed by atoms with Crippen molar-refractivity contribution in [2.75, 3.05) is 7.11 Å². The van der Waals surface area contributed by atoms with Gasteiger partial charge < -0.3 is 10.1 Å². The first-order chi connectivity index (χ1) is 10.0. The number of ether oxygens (including phenoxy) is 1. The smallest absolute Gasteiger partial charge is 0.258 e. The second-order valence-corrected chi connectivity index (χ2v) is 5.63. The Hall–Kier alpha value is -1.59. The van der Waals surface area contributed by atoms with Crippen molar-refractivity contribution in [2.24, 2.45) is 0 Å². The number of rotatable bonds is 4. The molecule has 0 heterocycles. The Kier molecular flexibility index (Phi) is 5.20. The maximum Gasteiger partial charge on any atom is 0.258 e. The van der Waals surface area contributed by atoms with Gasteiger partial charge in [0.15, 0.2) is 0 Å². The summed E-state index contributed by atoms with van der Waals surface area (Å²) < 4.78 is 19.5. The van der Waals surface area contributed by atoms with Crippen molar-refractivity contribution in [3.8, 4) is 5.75 Å². The Bertz CT molecular complexity index is 661. The van der Waals surface area contributed by atoms with Crippen LogP contribution in [0, 0.1) is 5.82 Å². The van der Waals surface area contributed by atoms with E-state index in [2.05, 4.69) is 21.2 Å². The summed E-state index contributed by atoms with van der Waals surface area (Å²) in [5.74, 6) is -1.00.